The zero-order valence-electron chi connectivity index (χ0n) is 9.19. The van der Waals surface area contributed by atoms with Crippen molar-refractivity contribution in [2.24, 2.45) is 5.84 Å². The van der Waals surface area contributed by atoms with Crippen molar-refractivity contribution in [2.75, 3.05) is 0 Å². The van der Waals surface area contributed by atoms with Gasteiger partial charge in [0.1, 0.15) is 0 Å². The van der Waals surface area contributed by atoms with Gasteiger partial charge in [0.15, 0.2) is 0 Å². The Morgan fingerprint density at radius 1 is 1.27 bits per heavy atom. The van der Waals surface area contributed by atoms with Crippen molar-refractivity contribution in [1.29, 1.82) is 0 Å². The van der Waals surface area contributed by atoms with Gasteiger partial charge in [0.05, 0.1) is 0 Å². The van der Waals surface area contributed by atoms with Crippen molar-refractivity contribution in [2.45, 2.75) is 27.7 Å². The molecule has 2 nitrogen and oxygen atoms in total. The van der Waals surface area contributed by atoms with Crippen molar-refractivity contribution in [3.8, 4) is 0 Å². The summed E-state index contributed by atoms with van der Waals surface area (Å²) < 4.78 is 1.09. The predicted octanol–water partition coefficient (Wildman–Crippen LogP) is 3.00. The number of hydrogen-bond donors (Lipinski definition) is 2. The Hall–Kier alpha value is 2.00. The molecule has 0 atom stereocenters. The zero-order chi connectivity index (χ0) is 12.4. The van der Waals surface area contributed by atoms with E-state index in [1.165, 1.54) is 36.1 Å². The molecule has 3 N–H and O–H groups in total. The molecule has 0 heterocycles. The van der Waals surface area contributed by atoms with E-state index in [9.17, 15) is 0 Å². The number of halogens is 2. The molecular formula is C9H15I2N2VW-. The molecule has 0 aliphatic rings. The summed E-state index contributed by atoms with van der Waals surface area (Å²) in [5.41, 5.74) is 6.33. The van der Waals surface area contributed by atoms with Crippen LogP contribution in [0.25, 0.3) is 0 Å². The van der Waals surface area contributed by atoms with Crippen LogP contribution in [0.4, 0.5) is 0 Å². The van der Waals surface area contributed by atoms with E-state index < -0.39 is 0 Å². The fraction of sp³-hybridized carbons (Fsp3) is 0.444. The van der Waals surface area contributed by atoms with Crippen LogP contribution in [0.1, 0.15) is 27.7 Å². The molecule has 0 aromatic rings. The van der Waals surface area contributed by atoms with Gasteiger partial charge in [0, 0.05) is 0 Å². The third-order valence-corrected chi connectivity index (χ3v) is 3.50. The second-order valence-corrected chi connectivity index (χ2v) is 15.9. The van der Waals surface area contributed by atoms with Crippen LogP contribution in [0, 0.1) is 6.08 Å². The van der Waals surface area contributed by atoms with Crippen LogP contribution in [0.15, 0.2) is 16.7 Å². The van der Waals surface area contributed by atoms with Crippen molar-refractivity contribution in [3.63, 3.8) is 0 Å². The van der Waals surface area contributed by atoms with Crippen molar-refractivity contribution < 1.29 is 28.8 Å². The Bertz CT molecular complexity index is 265. The van der Waals surface area contributed by atoms with E-state index in [4.69, 9.17) is 5.84 Å². The molecule has 0 saturated carbocycles. The summed E-state index contributed by atoms with van der Waals surface area (Å²) in [5.74, 6) is 5.32. The summed E-state index contributed by atoms with van der Waals surface area (Å²) in [7, 11) is 0.628. The number of hydrogen-bond acceptors (Lipinski definition) is 2. The van der Waals surface area contributed by atoms with Gasteiger partial charge in [-0.2, -0.15) is 0 Å². The van der Waals surface area contributed by atoms with Gasteiger partial charge in [-0.25, -0.2) is 0 Å². The Morgan fingerprint density at radius 3 is 1.93 bits per heavy atom. The van der Waals surface area contributed by atoms with E-state index in [-0.39, 0.29) is 0 Å². The molecule has 0 radical (unpaired) electrons. The molecule has 0 rings (SSSR count). The second kappa shape index (κ2) is 12.5. The first-order chi connectivity index (χ1) is 6.95. The number of hydrazine groups is 1. The van der Waals surface area contributed by atoms with Crippen LogP contribution in [-0.4, -0.2) is 4.02 Å². The van der Waals surface area contributed by atoms with Crippen LogP contribution in [-0.2, 0) is 28.8 Å². The molecule has 0 bridgehead atoms. The van der Waals surface area contributed by atoms with E-state index >= 15 is 0 Å². The maximum absolute atomic E-state index is 5.32. The third-order valence-electron chi connectivity index (χ3n) is 1.97. The number of nitrogens with two attached hydrogens (primary N) is 1. The second-order valence-electron chi connectivity index (χ2n) is 2.66. The first kappa shape index (κ1) is 19.3. The third kappa shape index (κ3) is 9.68. The summed E-state index contributed by atoms with van der Waals surface area (Å²) >= 11 is 6.09. The standard InChI is InChI=1S/C9H15N2.2HI.V.W/c1-5-7(2)9(4)8(3)6-11-10;;;;/h11H,10H2,1-4H3;2*1H;;/q-1;;;+2;/p-2. The normalized spacial score (nSPS) is 12.3. The summed E-state index contributed by atoms with van der Waals surface area (Å²) in [6.07, 6.45) is 3.11. The average Bonchev–Trinajstić information content (AvgIpc) is 2.25. The van der Waals surface area contributed by atoms with Crippen LogP contribution in [0.2, 0.25) is 0 Å². The minimum absolute atomic E-state index is 0.628. The quantitative estimate of drug-likeness (QED) is 0.164. The molecule has 0 fully saturated rings. The molecule has 0 saturated heterocycles. The zero-order valence-corrected chi connectivity index (χ0v) is 17.8. The Kier molecular flexibility index (Phi) is 16.1. The summed E-state index contributed by atoms with van der Waals surface area (Å²) in [6, 6.07) is 0. The van der Waals surface area contributed by atoms with Crippen molar-refractivity contribution >= 4 is 44.0 Å². The van der Waals surface area contributed by atoms with Gasteiger partial charge in [-0.1, -0.05) is 0 Å². The van der Waals surface area contributed by atoms with E-state index in [1.807, 2.05) is 6.92 Å². The monoisotopic (exact) mass is 640 g/mol. The van der Waals surface area contributed by atoms with Crippen LogP contribution < -0.4 is 11.3 Å². The molecule has 15 heavy (non-hydrogen) atoms. The van der Waals surface area contributed by atoms with Gasteiger partial charge < -0.3 is 0 Å². The van der Waals surface area contributed by atoms with E-state index in [0.717, 1.165) is 4.02 Å². The predicted molar refractivity (Wildman–Crippen MR) is 76.8 cm³/mol. The summed E-state index contributed by atoms with van der Waals surface area (Å²) in [5, 5.41) is 0. The average molecular weight is 640 g/mol. The number of allylic oxidation sites excluding steroid dienone is 3. The maximum atomic E-state index is 5.32. The van der Waals surface area contributed by atoms with Gasteiger partial charge >= 0.3 is 135 Å². The molecule has 0 aliphatic heterocycles. The molecule has 87 valence electrons. The molecule has 6 heteroatoms. The molecular weight excluding hydrogens is 625 g/mol. The first-order valence-electron chi connectivity index (χ1n) is 4.08. The molecule has 0 aromatic heterocycles. The van der Waals surface area contributed by atoms with Crippen molar-refractivity contribution in [1.82, 2.24) is 5.43 Å². The van der Waals surface area contributed by atoms with Crippen molar-refractivity contribution in [3.05, 3.63) is 22.8 Å². The summed E-state index contributed by atoms with van der Waals surface area (Å²) in [4.78, 5) is 0. The minimum atomic E-state index is 0.628. The fourth-order valence-electron chi connectivity index (χ4n) is 0.747. The van der Waals surface area contributed by atoms with Crippen LogP contribution in [0.5, 0.6) is 0 Å². The molecule has 0 spiro atoms. The molecule has 0 aliphatic carbocycles. The Morgan fingerprint density at radius 2 is 1.67 bits per heavy atom. The van der Waals surface area contributed by atoms with E-state index in [2.05, 4.69) is 72.2 Å². The van der Waals surface area contributed by atoms with Gasteiger partial charge in [0.25, 0.3) is 0 Å². The number of rotatable bonds is 3. The topological polar surface area (TPSA) is 38.0 Å². The van der Waals surface area contributed by atoms with Gasteiger partial charge in [-0.3, -0.25) is 0 Å². The van der Waals surface area contributed by atoms with E-state index in [0.29, 0.717) is 9.47 Å². The van der Waals surface area contributed by atoms with Crippen LogP contribution >= 0.6 is 40.0 Å². The SMILES string of the molecule is C[C-]=C(C)C(C)=C(C)[C](=[W])NN.[I][V][I]. The van der Waals surface area contributed by atoms with Gasteiger partial charge in [-0.05, 0) is 0 Å². The Labute approximate surface area is 133 Å². The Balaban J connectivity index is 0. The molecule has 0 unspecified atom stereocenters. The summed E-state index contributed by atoms with van der Waals surface area (Å²) in [6.45, 7) is 8.13. The number of nitrogens with one attached hydrogen (secondary N) is 1. The van der Waals surface area contributed by atoms with E-state index in [1.54, 1.807) is 0 Å². The fourth-order valence-corrected chi connectivity index (χ4v) is 1.30. The molecule has 0 amide bonds. The van der Waals surface area contributed by atoms with Crippen LogP contribution in [0.3, 0.4) is 0 Å². The first-order valence-corrected chi connectivity index (χ1v) is 14.6. The molecule has 0 aromatic carbocycles. The van der Waals surface area contributed by atoms with Gasteiger partial charge in [0.2, 0.25) is 0 Å². The van der Waals surface area contributed by atoms with Gasteiger partial charge in [-0.15, -0.1) is 0 Å².